The predicted molar refractivity (Wildman–Crippen MR) is 127 cm³/mol. The van der Waals surface area contributed by atoms with Gasteiger partial charge in [-0.25, -0.2) is 0 Å². The zero-order valence-corrected chi connectivity index (χ0v) is 19.6. The summed E-state index contributed by atoms with van der Waals surface area (Å²) in [5.41, 5.74) is 4.81. The quantitative estimate of drug-likeness (QED) is 0.628. The third-order valence-corrected chi connectivity index (χ3v) is 5.43. The summed E-state index contributed by atoms with van der Waals surface area (Å²) in [4.78, 5) is 2.66. The fourth-order valence-electron chi connectivity index (χ4n) is 3.54. The van der Waals surface area contributed by atoms with Crippen molar-refractivity contribution >= 4 is 6.08 Å². The van der Waals surface area contributed by atoms with Crippen LogP contribution < -0.4 is 5.32 Å². The lowest BCUT2D eigenvalue weighted by molar-refractivity contribution is 0.163. The largest absolute Gasteiger partial charge is 0.392 e. The van der Waals surface area contributed by atoms with E-state index in [1.165, 1.54) is 50.9 Å². The van der Waals surface area contributed by atoms with Gasteiger partial charge in [0.2, 0.25) is 0 Å². The topological polar surface area (TPSA) is 15.3 Å². The molecule has 0 aromatic heterocycles. The summed E-state index contributed by atoms with van der Waals surface area (Å²) >= 11 is 0. The molecule has 0 atom stereocenters. The van der Waals surface area contributed by atoms with Gasteiger partial charge in [0.1, 0.15) is 0 Å². The minimum atomic E-state index is 0.342. The van der Waals surface area contributed by atoms with Crippen LogP contribution in [0.3, 0.4) is 0 Å². The number of benzene rings is 1. The molecule has 1 aromatic rings. The van der Waals surface area contributed by atoms with Crippen molar-refractivity contribution in [1.29, 1.82) is 0 Å². The molecule has 1 fully saturated rings. The van der Waals surface area contributed by atoms with Crippen LogP contribution in [0.5, 0.6) is 0 Å². The van der Waals surface area contributed by atoms with Crippen molar-refractivity contribution in [2.75, 3.05) is 26.7 Å². The average Bonchev–Trinajstić information content (AvgIpc) is 3.00. The van der Waals surface area contributed by atoms with Crippen LogP contribution in [0, 0.1) is 5.41 Å². The molecule has 0 amide bonds. The van der Waals surface area contributed by atoms with Gasteiger partial charge in [-0.3, -0.25) is 0 Å². The van der Waals surface area contributed by atoms with E-state index in [2.05, 4.69) is 87.8 Å². The lowest BCUT2D eigenvalue weighted by Gasteiger charge is -2.40. The van der Waals surface area contributed by atoms with Crippen molar-refractivity contribution in [2.45, 2.75) is 72.6 Å². The Hall–Kier alpha value is -1.54. The predicted octanol–water partition coefficient (Wildman–Crippen LogP) is 6.64. The molecule has 1 heterocycles. The molecule has 0 saturated carbocycles. The Kier molecular flexibility index (Phi) is 10.0. The smallest absolute Gasteiger partial charge is 0.0165 e. The number of allylic oxidation sites excluding steroid dienone is 2. The molecular formula is C26H44N2. The van der Waals surface area contributed by atoms with Gasteiger partial charge in [-0.05, 0) is 68.1 Å². The second kappa shape index (κ2) is 11.5. The van der Waals surface area contributed by atoms with E-state index in [9.17, 15) is 0 Å². The van der Waals surface area contributed by atoms with Crippen LogP contribution in [0.1, 0.15) is 78.4 Å². The van der Waals surface area contributed by atoms with Crippen LogP contribution in [-0.4, -0.2) is 31.6 Å². The Balaban J connectivity index is 0.000000421. The molecule has 28 heavy (non-hydrogen) atoms. The molecule has 0 bridgehead atoms. The minimum Gasteiger partial charge on any atom is -0.392 e. The van der Waals surface area contributed by atoms with Crippen LogP contribution in [0.4, 0.5) is 0 Å². The van der Waals surface area contributed by atoms with E-state index >= 15 is 0 Å². The monoisotopic (exact) mass is 384 g/mol. The number of piperidine rings is 1. The van der Waals surface area contributed by atoms with Crippen LogP contribution in [-0.2, 0) is 5.41 Å². The molecular weight excluding hydrogens is 340 g/mol. The van der Waals surface area contributed by atoms with Crippen molar-refractivity contribution < 1.29 is 0 Å². The van der Waals surface area contributed by atoms with Crippen LogP contribution >= 0.6 is 0 Å². The number of nitrogens with zero attached hydrogens (tertiary/aromatic N) is 1. The average molecular weight is 385 g/mol. The first-order chi connectivity index (χ1) is 13.2. The number of nitrogens with one attached hydrogen (secondary N) is 1. The normalized spacial score (nSPS) is 17.1. The van der Waals surface area contributed by atoms with Gasteiger partial charge in [-0.1, -0.05) is 84.0 Å². The number of fused-ring (bicyclic) bond motifs is 2. The summed E-state index contributed by atoms with van der Waals surface area (Å²) in [5, 5.41) is 2.83. The highest BCUT2D eigenvalue weighted by atomic mass is 15.1. The van der Waals surface area contributed by atoms with E-state index in [0.717, 1.165) is 5.70 Å². The number of hydrogen-bond acceptors (Lipinski definition) is 2. The Bertz CT molecular complexity index is 614. The van der Waals surface area contributed by atoms with Crippen molar-refractivity contribution in [3.8, 4) is 0 Å². The van der Waals surface area contributed by atoms with E-state index in [0.29, 0.717) is 10.8 Å². The number of likely N-dealkylation sites (tertiary alicyclic amines) is 1. The van der Waals surface area contributed by atoms with E-state index in [-0.39, 0.29) is 0 Å². The summed E-state index contributed by atoms with van der Waals surface area (Å²) in [6.07, 6.45) is 9.92. The summed E-state index contributed by atoms with van der Waals surface area (Å²) in [6, 6.07) is 8.94. The zero-order chi connectivity index (χ0) is 21.2. The van der Waals surface area contributed by atoms with E-state index in [4.69, 9.17) is 0 Å². The summed E-state index contributed by atoms with van der Waals surface area (Å²) < 4.78 is 0. The standard InChI is InChI=1S/C19H27N.C4H9N.C3H8/c1-18(2,3)10-13-20-14-11-19(12-15-20)9-8-16-6-4-5-7-17(16)19;1-4(2)5-3;1-3-2/h4-9H,10-15H2,1-3H3;5H,1H2,2-3H3;3H2,1-2H3. The highest BCUT2D eigenvalue weighted by molar-refractivity contribution is 5.65. The summed E-state index contributed by atoms with van der Waals surface area (Å²) in [7, 11) is 1.85. The first kappa shape index (κ1) is 24.5. The van der Waals surface area contributed by atoms with Gasteiger partial charge in [-0.2, -0.15) is 0 Å². The molecule has 2 aliphatic rings. The van der Waals surface area contributed by atoms with Gasteiger partial charge >= 0.3 is 0 Å². The second-order valence-electron chi connectivity index (χ2n) is 9.47. The van der Waals surface area contributed by atoms with Gasteiger partial charge < -0.3 is 10.2 Å². The zero-order valence-electron chi connectivity index (χ0n) is 19.6. The number of rotatable bonds is 3. The molecule has 2 heteroatoms. The van der Waals surface area contributed by atoms with Crippen molar-refractivity contribution in [3.63, 3.8) is 0 Å². The maximum atomic E-state index is 3.56. The van der Waals surface area contributed by atoms with E-state index < -0.39 is 0 Å². The summed E-state index contributed by atoms with van der Waals surface area (Å²) in [6.45, 7) is 20.5. The van der Waals surface area contributed by atoms with Crippen molar-refractivity contribution in [2.24, 2.45) is 5.41 Å². The van der Waals surface area contributed by atoms with Crippen LogP contribution in [0.15, 0.2) is 42.6 Å². The number of hydrogen-bond donors (Lipinski definition) is 1. The van der Waals surface area contributed by atoms with Crippen molar-refractivity contribution in [1.82, 2.24) is 10.2 Å². The van der Waals surface area contributed by atoms with Gasteiger partial charge in [-0.15, -0.1) is 0 Å². The molecule has 2 nitrogen and oxygen atoms in total. The van der Waals surface area contributed by atoms with E-state index in [1.807, 2.05) is 14.0 Å². The molecule has 158 valence electrons. The lowest BCUT2D eigenvalue weighted by atomic mass is 9.74. The fraction of sp³-hybridized carbons (Fsp3) is 0.615. The Labute approximate surface area is 175 Å². The molecule has 1 aliphatic heterocycles. The Morgan fingerprint density at radius 1 is 1.14 bits per heavy atom. The van der Waals surface area contributed by atoms with Crippen LogP contribution in [0.25, 0.3) is 6.08 Å². The molecule has 3 rings (SSSR count). The van der Waals surface area contributed by atoms with Gasteiger partial charge in [0.05, 0.1) is 0 Å². The van der Waals surface area contributed by atoms with Crippen molar-refractivity contribution in [3.05, 3.63) is 53.7 Å². The third-order valence-electron chi connectivity index (χ3n) is 5.43. The Morgan fingerprint density at radius 2 is 1.68 bits per heavy atom. The molecule has 1 N–H and O–H groups in total. The highest BCUT2D eigenvalue weighted by Crippen LogP contribution is 2.43. The van der Waals surface area contributed by atoms with E-state index in [1.54, 1.807) is 5.56 Å². The first-order valence-corrected chi connectivity index (χ1v) is 11.0. The maximum Gasteiger partial charge on any atom is 0.0165 e. The molecule has 0 radical (unpaired) electrons. The molecule has 1 spiro atoms. The molecule has 1 aromatic carbocycles. The fourth-order valence-corrected chi connectivity index (χ4v) is 3.54. The molecule has 1 saturated heterocycles. The lowest BCUT2D eigenvalue weighted by Crippen LogP contribution is -2.42. The molecule has 1 aliphatic carbocycles. The van der Waals surface area contributed by atoms with Gasteiger partial charge in [0.25, 0.3) is 0 Å². The maximum absolute atomic E-state index is 3.56. The first-order valence-electron chi connectivity index (χ1n) is 11.0. The summed E-state index contributed by atoms with van der Waals surface area (Å²) in [5.74, 6) is 0. The SMILES string of the molecule is C=C(C)NC.CC(C)(C)CCN1CCC2(C=Cc3ccccc32)CC1.CCC. The Morgan fingerprint density at radius 3 is 2.18 bits per heavy atom. The van der Waals surface area contributed by atoms with Gasteiger partial charge in [0, 0.05) is 12.5 Å². The minimum absolute atomic E-state index is 0.342. The second-order valence-corrected chi connectivity index (χ2v) is 9.47. The van der Waals surface area contributed by atoms with Gasteiger partial charge in [0.15, 0.2) is 0 Å². The third kappa shape index (κ3) is 7.83. The molecule has 0 unspecified atom stereocenters. The highest BCUT2D eigenvalue weighted by Gasteiger charge is 2.37. The van der Waals surface area contributed by atoms with Crippen LogP contribution in [0.2, 0.25) is 0 Å².